The van der Waals surface area contributed by atoms with E-state index in [1.54, 1.807) is 7.11 Å². The van der Waals surface area contributed by atoms with Crippen molar-refractivity contribution in [2.75, 3.05) is 40.3 Å². The van der Waals surface area contributed by atoms with Gasteiger partial charge in [-0.05, 0) is 39.8 Å². The maximum absolute atomic E-state index is 6.18. The van der Waals surface area contributed by atoms with Gasteiger partial charge in [-0.1, -0.05) is 6.42 Å². The third kappa shape index (κ3) is 2.44. The zero-order chi connectivity index (χ0) is 13.2. The minimum absolute atomic E-state index is 0.174. The average Bonchev–Trinajstić information content (AvgIpc) is 2.78. The Hall–Kier alpha value is -0.160. The molecule has 0 aromatic carbocycles. The predicted octanol–water partition coefficient (Wildman–Crippen LogP) is 0.909. The first-order chi connectivity index (χ1) is 8.64. The number of fused-ring (bicyclic) bond motifs is 1. The highest BCUT2D eigenvalue weighted by molar-refractivity contribution is 5.08. The molecule has 2 N–H and O–H groups in total. The molecule has 3 unspecified atom stereocenters. The van der Waals surface area contributed by atoms with E-state index in [-0.39, 0.29) is 11.6 Å². The molecule has 2 heterocycles. The van der Waals surface area contributed by atoms with Crippen LogP contribution in [0.2, 0.25) is 0 Å². The Bertz CT molecular complexity index is 274. The highest BCUT2D eigenvalue weighted by Crippen LogP contribution is 2.38. The van der Waals surface area contributed by atoms with Crippen molar-refractivity contribution < 1.29 is 4.74 Å². The van der Waals surface area contributed by atoms with Gasteiger partial charge in [0.15, 0.2) is 0 Å². The average molecular weight is 255 g/mol. The number of nitrogens with two attached hydrogens (primary N) is 1. The summed E-state index contributed by atoms with van der Waals surface area (Å²) in [5.74, 6) is 0. The molecule has 4 nitrogen and oxygen atoms in total. The lowest BCUT2D eigenvalue weighted by Gasteiger charge is -2.46. The quantitative estimate of drug-likeness (QED) is 0.793. The van der Waals surface area contributed by atoms with E-state index >= 15 is 0 Å². The predicted molar refractivity (Wildman–Crippen MR) is 74.7 cm³/mol. The van der Waals surface area contributed by atoms with Gasteiger partial charge in [-0.25, -0.2) is 0 Å². The summed E-state index contributed by atoms with van der Waals surface area (Å²) < 4.78 is 5.41. The molecule has 0 amide bonds. The molecule has 0 saturated carbocycles. The highest BCUT2D eigenvalue weighted by atomic mass is 16.5. The normalized spacial score (nSPS) is 34.8. The molecule has 0 bridgehead atoms. The smallest absolute Gasteiger partial charge is 0.0670 e. The van der Waals surface area contributed by atoms with Crippen LogP contribution in [-0.4, -0.2) is 67.8 Å². The van der Waals surface area contributed by atoms with E-state index in [2.05, 4.69) is 23.8 Å². The summed E-state index contributed by atoms with van der Waals surface area (Å²) in [7, 11) is 4.01. The lowest BCUT2D eigenvalue weighted by atomic mass is 9.84. The molecule has 2 rings (SSSR count). The lowest BCUT2D eigenvalue weighted by molar-refractivity contribution is 0.0126. The van der Waals surface area contributed by atoms with Crippen LogP contribution in [-0.2, 0) is 4.74 Å². The van der Waals surface area contributed by atoms with E-state index in [9.17, 15) is 0 Å². The van der Waals surface area contributed by atoms with Crippen molar-refractivity contribution in [1.29, 1.82) is 0 Å². The molecule has 2 saturated heterocycles. The molecule has 0 spiro atoms. The van der Waals surface area contributed by atoms with Gasteiger partial charge in [0, 0.05) is 38.3 Å². The molecule has 4 heteroatoms. The van der Waals surface area contributed by atoms with Gasteiger partial charge in [-0.3, -0.25) is 9.80 Å². The number of piperidine rings is 1. The van der Waals surface area contributed by atoms with Gasteiger partial charge in [0.05, 0.1) is 6.10 Å². The van der Waals surface area contributed by atoms with Crippen molar-refractivity contribution in [3.8, 4) is 0 Å². The van der Waals surface area contributed by atoms with Crippen LogP contribution in [0.25, 0.3) is 0 Å². The summed E-state index contributed by atoms with van der Waals surface area (Å²) in [4.78, 5) is 5.13. The van der Waals surface area contributed by atoms with Crippen LogP contribution in [0.4, 0.5) is 0 Å². The standard InChI is InChI=1S/C14H29N3O/c1-12(18-3)10-16(2)14(11-15)7-9-17-8-5-4-6-13(14)17/h12-13H,4-11,15H2,1-3H3. The van der Waals surface area contributed by atoms with E-state index < -0.39 is 0 Å². The van der Waals surface area contributed by atoms with Gasteiger partial charge in [0.1, 0.15) is 0 Å². The summed E-state index contributed by atoms with van der Waals surface area (Å²) in [5.41, 5.74) is 6.36. The van der Waals surface area contributed by atoms with Crippen molar-refractivity contribution >= 4 is 0 Å². The zero-order valence-corrected chi connectivity index (χ0v) is 12.2. The second-order valence-electron chi connectivity index (χ2n) is 6.03. The monoisotopic (exact) mass is 255 g/mol. The Labute approximate surface area is 111 Å². The molecular formula is C14H29N3O. The van der Waals surface area contributed by atoms with E-state index in [0.29, 0.717) is 6.04 Å². The second-order valence-corrected chi connectivity index (χ2v) is 6.03. The molecular weight excluding hydrogens is 226 g/mol. The maximum atomic E-state index is 6.18. The number of ether oxygens (including phenoxy) is 1. The van der Waals surface area contributed by atoms with Gasteiger partial charge < -0.3 is 10.5 Å². The molecule has 0 aromatic heterocycles. The SMILES string of the molecule is COC(C)CN(C)C1(CN)CCN2CCCCC21. The van der Waals surface area contributed by atoms with Crippen molar-refractivity contribution in [1.82, 2.24) is 9.80 Å². The Balaban J connectivity index is 2.09. The lowest BCUT2D eigenvalue weighted by Crippen LogP contribution is -2.61. The number of rotatable bonds is 5. The van der Waals surface area contributed by atoms with Gasteiger partial charge in [0.25, 0.3) is 0 Å². The van der Waals surface area contributed by atoms with Crippen molar-refractivity contribution in [2.45, 2.75) is 50.3 Å². The highest BCUT2D eigenvalue weighted by Gasteiger charge is 2.49. The molecule has 0 aliphatic carbocycles. The summed E-state index contributed by atoms with van der Waals surface area (Å²) in [6, 6.07) is 0.658. The third-order valence-electron chi connectivity index (χ3n) is 5.11. The second kappa shape index (κ2) is 5.87. The molecule has 3 atom stereocenters. The van der Waals surface area contributed by atoms with Crippen molar-refractivity contribution in [3.05, 3.63) is 0 Å². The molecule has 106 valence electrons. The summed E-state index contributed by atoms with van der Waals surface area (Å²) in [5, 5.41) is 0. The van der Waals surface area contributed by atoms with Crippen LogP contribution >= 0.6 is 0 Å². The molecule has 0 aromatic rings. The van der Waals surface area contributed by atoms with E-state index in [0.717, 1.165) is 13.1 Å². The third-order valence-corrected chi connectivity index (χ3v) is 5.11. The number of methoxy groups -OCH3 is 1. The summed E-state index contributed by atoms with van der Waals surface area (Å²) >= 11 is 0. The first-order valence-corrected chi connectivity index (χ1v) is 7.32. The fraction of sp³-hybridized carbons (Fsp3) is 1.00. The fourth-order valence-electron chi connectivity index (χ4n) is 3.85. The van der Waals surface area contributed by atoms with E-state index in [4.69, 9.17) is 10.5 Å². The number of hydrogen-bond acceptors (Lipinski definition) is 4. The van der Waals surface area contributed by atoms with Crippen molar-refractivity contribution in [3.63, 3.8) is 0 Å². The zero-order valence-electron chi connectivity index (χ0n) is 12.2. The Morgan fingerprint density at radius 1 is 1.44 bits per heavy atom. The van der Waals surface area contributed by atoms with Gasteiger partial charge in [-0.2, -0.15) is 0 Å². The Kier molecular flexibility index (Phi) is 4.64. The minimum atomic E-state index is 0.174. The number of likely N-dealkylation sites (N-methyl/N-ethyl adjacent to an activating group) is 1. The largest absolute Gasteiger partial charge is 0.380 e. The first-order valence-electron chi connectivity index (χ1n) is 7.32. The molecule has 2 fully saturated rings. The molecule has 2 aliphatic heterocycles. The van der Waals surface area contributed by atoms with Crippen LogP contribution in [0.15, 0.2) is 0 Å². The van der Waals surface area contributed by atoms with Crippen LogP contribution in [0.1, 0.15) is 32.6 Å². The van der Waals surface area contributed by atoms with E-state index in [1.807, 2.05) is 0 Å². The number of nitrogens with zero attached hydrogens (tertiary/aromatic N) is 2. The Morgan fingerprint density at radius 2 is 2.22 bits per heavy atom. The maximum Gasteiger partial charge on any atom is 0.0670 e. The van der Waals surface area contributed by atoms with Crippen LogP contribution < -0.4 is 5.73 Å². The summed E-state index contributed by atoms with van der Waals surface area (Å²) in [6.45, 7) is 6.35. The van der Waals surface area contributed by atoms with Gasteiger partial charge in [0.2, 0.25) is 0 Å². The first kappa shape index (κ1) is 14.3. The van der Waals surface area contributed by atoms with Crippen LogP contribution in [0, 0.1) is 0 Å². The Morgan fingerprint density at radius 3 is 2.89 bits per heavy atom. The van der Waals surface area contributed by atoms with Gasteiger partial charge >= 0.3 is 0 Å². The summed E-state index contributed by atoms with van der Waals surface area (Å²) in [6.07, 6.45) is 5.51. The molecule has 0 radical (unpaired) electrons. The van der Waals surface area contributed by atoms with E-state index in [1.165, 1.54) is 38.8 Å². The van der Waals surface area contributed by atoms with Gasteiger partial charge in [-0.15, -0.1) is 0 Å². The fourth-order valence-corrected chi connectivity index (χ4v) is 3.85. The molecule has 2 aliphatic rings. The minimum Gasteiger partial charge on any atom is -0.380 e. The topological polar surface area (TPSA) is 41.7 Å². The molecule has 18 heavy (non-hydrogen) atoms. The van der Waals surface area contributed by atoms with Crippen LogP contribution in [0.5, 0.6) is 0 Å². The van der Waals surface area contributed by atoms with Crippen molar-refractivity contribution in [2.24, 2.45) is 5.73 Å². The number of hydrogen-bond donors (Lipinski definition) is 1. The van der Waals surface area contributed by atoms with Crippen LogP contribution in [0.3, 0.4) is 0 Å².